The number of carbonyl (C=O) groups is 1. The van der Waals surface area contributed by atoms with Crippen LogP contribution in [0.1, 0.15) is 15.9 Å². The van der Waals surface area contributed by atoms with Gasteiger partial charge < -0.3 is 4.74 Å². The van der Waals surface area contributed by atoms with Crippen molar-refractivity contribution in [2.75, 3.05) is 0 Å². The van der Waals surface area contributed by atoms with Crippen LogP contribution in [0.25, 0.3) is 0 Å². The fourth-order valence-electron chi connectivity index (χ4n) is 1.50. The van der Waals surface area contributed by atoms with E-state index in [4.69, 9.17) is 4.74 Å². The van der Waals surface area contributed by atoms with E-state index >= 15 is 0 Å². The van der Waals surface area contributed by atoms with E-state index in [9.17, 15) is 9.18 Å². The molecule has 0 aromatic heterocycles. The number of aldehydes is 1. The first-order valence-electron chi connectivity index (χ1n) is 5.31. The van der Waals surface area contributed by atoms with Crippen LogP contribution in [0.4, 0.5) is 4.39 Å². The molecule has 92 valence electrons. The second-order valence-corrected chi connectivity index (χ2v) is 4.84. The second-order valence-electron chi connectivity index (χ2n) is 3.68. The molecule has 2 nitrogen and oxygen atoms in total. The van der Waals surface area contributed by atoms with E-state index in [1.54, 1.807) is 30.3 Å². The Balaban J connectivity index is 2.14. The Kier molecular flexibility index (Phi) is 4.30. The van der Waals surface area contributed by atoms with Crippen molar-refractivity contribution in [1.29, 1.82) is 0 Å². The van der Waals surface area contributed by atoms with Crippen molar-refractivity contribution in [3.8, 4) is 5.75 Å². The van der Waals surface area contributed by atoms with Gasteiger partial charge in [0.05, 0.1) is 5.56 Å². The van der Waals surface area contributed by atoms with Crippen molar-refractivity contribution in [1.82, 2.24) is 0 Å². The standard InChI is InChI=1S/C14H10FIO2/c15-12-6-5-11(13(16)7-12)9-18-14-4-2-1-3-10(14)8-17/h1-8H,9H2. The number of benzene rings is 2. The number of hydrogen-bond acceptors (Lipinski definition) is 2. The molecule has 0 amide bonds. The summed E-state index contributed by atoms with van der Waals surface area (Å²) in [5.74, 6) is 0.268. The molecule has 0 radical (unpaired) electrons. The molecule has 0 atom stereocenters. The van der Waals surface area contributed by atoms with Gasteiger partial charge in [-0.2, -0.15) is 0 Å². The molecule has 4 heteroatoms. The third kappa shape index (κ3) is 3.07. The fraction of sp³-hybridized carbons (Fsp3) is 0.0714. The predicted octanol–water partition coefficient (Wildman–Crippen LogP) is 3.82. The highest BCUT2D eigenvalue weighted by Gasteiger charge is 2.05. The lowest BCUT2D eigenvalue weighted by molar-refractivity contribution is 0.111. The lowest BCUT2D eigenvalue weighted by Crippen LogP contribution is -2.00. The highest BCUT2D eigenvalue weighted by atomic mass is 127. The van der Waals surface area contributed by atoms with E-state index in [1.807, 2.05) is 0 Å². The normalized spacial score (nSPS) is 10.1. The predicted molar refractivity (Wildman–Crippen MR) is 75.3 cm³/mol. The summed E-state index contributed by atoms with van der Waals surface area (Å²) in [4.78, 5) is 10.8. The lowest BCUT2D eigenvalue weighted by Gasteiger charge is -2.09. The van der Waals surface area contributed by atoms with Crippen LogP contribution < -0.4 is 4.74 Å². The van der Waals surface area contributed by atoms with Gasteiger partial charge in [-0.3, -0.25) is 4.79 Å². The Morgan fingerprint density at radius 2 is 2.00 bits per heavy atom. The first-order valence-corrected chi connectivity index (χ1v) is 6.39. The average molecular weight is 356 g/mol. The van der Waals surface area contributed by atoms with Crippen molar-refractivity contribution >= 4 is 28.9 Å². The Morgan fingerprint density at radius 3 is 2.72 bits per heavy atom. The molecule has 2 aromatic carbocycles. The molecule has 0 aliphatic carbocycles. The molecule has 18 heavy (non-hydrogen) atoms. The summed E-state index contributed by atoms with van der Waals surface area (Å²) in [6.45, 7) is 0.309. The van der Waals surface area contributed by atoms with E-state index in [2.05, 4.69) is 22.6 Å². The Labute approximate surface area is 118 Å². The molecular weight excluding hydrogens is 346 g/mol. The summed E-state index contributed by atoms with van der Waals surface area (Å²) >= 11 is 2.06. The monoisotopic (exact) mass is 356 g/mol. The number of ether oxygens (including phenoxy) is 1. The molecule has 0 bridgehead atoms. The minimum Gasteiger partial charge on any atom is -0.488 e. The lowest BCUT2D eigenvalue weighted by atomic mass is 10.2. The summed E-state index contributed by atoms with van der Waals surface area (Å²) in [6.07, 6.45) is 0.755. The van der Waals surface area contributed by atoms with Gasteiger partial charge in [0.25, 0.3) is 0 Å². The minimum absolute atomic E-state index is 0.267. The van der Waals surface area contributed by atoms with E-state index in [0.717, 1.165) is 15.4 Å². The number of para-hydroxylation sites is 1. The molecular formula is C14H10FIO2. The smallest absolute Gasteiger partial charge is 0.153 e. The van der Waals surface area contributed by atoms with Crippen LogP contribution in [0.5, 0.6) is 5.75 Å². The number of rotatable bonds is 4. The number of halogens is 2. The highest BCUT2D eigenvalue weighted by molar-refractivity contribution is 14.1. The van der Waals surface area contributed by atoms with Crippen LogP contribution in [0.2, 0.25) is 0 Å². The van der Waals surface area contributed by atoms with Crippen LogP contribution in [0.15, 0.2) is 42.5 Å². The maximum absolute atomic E-state index is 12.9. The van der Waals surface area contributed by atoms with Crippen molar-refractivity contribution in [3.05, 3.63) is 63.0 Å². The van der Waals surface area contributed by atoms with E-state index < -0.39 is 0 Å². The van der Waals surface area contributed by atoms with Crippen LogP contribution in [0.3, 0.4) is 0 Å². The van der Waals surface area contributed by atoms with Gasteiger partial charge in [-0.05, 0) is 46.9 Å². The molecule has 0 aliphatic heterocycles. The quantitative estimate of drug-likeness (QED) is 0.615. The van der Waals surface area contributed by atoms with Crippen LogP contribution >= 0.6 is 22.6 Å². The van der Waals surface area contributed by atoms with E-state index in [0.29, 0.717) is 17.9 Å². The van der Waals surface area contributed by atoms with Gasteiger partial charge in [0.1, 0.15) is 18.2 Å². The molecule has 0 spiro atoms. The molecule has 0 N–H and O–H groups in total. The van der Waals surface area contributed by atoms with Crippen LogP contribution in [0, 0.1) is 9.39 Å². The summed E-state index contributed by atoms with van der Waals surface area (Å²) in [7, 11) is 0. The van der Waals surface area contributed by atoms with Crippen molar-refractivity contribution < 1.29 is 13.9 Å². The zero-order valence-corrected chi connectivity index (χ0v) is 11.6. The topological polar surface area (TPSA) is 26.3 Å². The molecule has 0 unspecified atom stereocenters. The molecule has 0 heterocycles. The molecule has 0 saturated carbocycles. The van der Waals surface area contributed by atoms with Gasteiger partial charge in [-0.15, -0.1) is 0 Å². The average Bonchev–Trinajstić information content (AvgIpc) is 2.38. The zero-order valence-electron chi connectivity index (χ0n) is 9.40. The third-order valence-corrected chi connectivity index (χ3v) is 3.45. The summed E-state index contributed by atoms with van der Waals surface area (Å²) in [5, 5.41) is 0. The van der Waals surface area contributed by atoms with Crippen molar-refractivity contribution in [3.63, 3.8) is 0 Å². The zero-order chi connectivity index (χ0) is 13.0. The van der Waals surface area contributed by atoms with Gasteiger partial charge >= 0.3 is 0 Å². The minimum atomic E-state index is -0.267. The number of carbonyl (C=O) groups excluding carboxylic acids is 1. The Morgan fingerprint density at radius 1 is 1.22 bits per heavy atom. The van der Waals surface area contributed by atoms with Gasteiger partial charge in [0.15, 0.2) is 6.29 Å². The van der Waals surface area contributed by atoms with Gasteiger partial charge in [0.2, 0.25) is 0 Å². The maximum atomic E-state index is 12.9. The maximum Gasteiger partial charge on any atom is 0.153 e. The first-order chi connectivity index (χ1) is 8.70. The van der Waals surface area contributed by atoms with Gasteiger partial charge in [0, 0.05) is 9.13 Å². The number of hydrogen-bond donors (Lipinski definition) is 0. The largest absolute Gasteiger partial charge is 0.488 e. The van der Waals surface area contributed by atoms with Crippen molar-refractivity contribution in [2.24, 2.45) is 0 Å². The molecule has 2 aromatic rings. The summed E-state index contributed by atoms with van der Waals surface area (Å²) < 4.78 is 19.3. The molecule has 2 rings (SSSR count). The summed E-state index contributed by atoms with van der Waals surface area (Å²) in [6, 6.07) is 11.5. The van der Waals surface area contributed by atoms with E-state index in [-0.39, 0.29) is 5.82 Å². The van der Waals surface area contributed by atoms with Crippen LogP contribution in [-0.4, -0.2) is 6.29 Å². The second kappa shape index (κ2) is 5.95. The summed E-state index contributed by atoms with van der Waals surface area (Å²) in [5.41, 5.74) is 1.40. The fourth-order valence-corrected chi connectivity index (χ4v) is 2.14. The van der Waals surface area contributed by atoms with Crippen molar-refractivity contribution in [2.45, 2.75) is 6.61 Å². The molecule has 0 aliphatic rings. The van der Waals surface area contributed by atoms with E-state index in [1.165, 1.54) is 12.1 Å². The van der Waals surface area contributed by atoms with Gasteiger partial charge in [-0.1, -0.05) is 18.2 Å². The SMILES string of the molecule is O=Cc1ccccc1OCc1ccc(F)cc1I. The Hall–Kier alpha value is -1.43. The first kappa shape index (κ1) is 13.0. The molecule has 0 fully saturated rings. The Bertz CT molecular complexity index is 569. The highest BCUT2D eigenvalue weighted by Crippen LogP contribution is 2.20. The molecule has 0 saturated heterocycles. The third-order valence-electron chi connectivity index (χ3n) is 2.44. The van der Waals surface area contributed by atoms with Crippen LogP contribution in [-0.2, 0) is 6.61 Å². The van der Waals surface area contributed by atoms with Gasteiger partial charge in [-0.25, -0.2) is 4.39 Å².